The predicted molar refractivity (Wildman–Crippen MR) is 159 cm³/mol. The molecule has 2 atom stereocenters. The maximum Gasteiger partial charge on any atom is 0.417 e. The van der Waals surface area contributed by atoms with Gasteiger partial charge in [-0.15, -0.1) is 0 Å². The molecule has 1 saturated heterocycles. The number of carbonyl (C=O) groups is 2. The molecule has 2 heterocycles. The van der Waals surface area contributed by atoms with Crippen LogP contribution in [-0.4, -0.2) is 49.4 Å². The third kappa shape index (κ3) is 16.8. The quantitative estimate of drug-likeness (QED) is 0.103. The number of nitrogens with zero attached hydrogens (tertiary/aromatic N) is 2. The Hall–Kier alpha value is -1.26. The second-order valence-corrected chi connectivity index (χ2v) is 11.4. The molecule has 1 aliphatic heterocycles. The van der Waals surface area contributed by atoms with Crippen molar-refractivity contribution in [1.82, 2.24) is 4.90 Å². The highest BCUT2D eigenvalue weighted by Crippen LogP contribution is 2.21. The lowest BCUT2D eigenvalue weighted by Crippen LogP contribution is -3.00. The smallest absolute Gasteiger partial charge is 0.417 e. The fourth-order valence-electron chi connectivity index (χ4n) is 5.32. The lowest BCUT2D eigenvalue weighted by molar-refractivity contribution is -0.701. The molecule has 2 amide bonds. The topological polar surface area (TPSA) is 69.0 Å². The van der Waals surface area contributed by atoms with Crippen LogP contribution in [0.1, 0.15) is 123 Å². The molecule has 2 rings (SSSR count). The Balaban J connectivity index is 0.00000840. The minimum absolute atomic E-state index is 0. The number of hydrogen-bond donors (Lipinski definition) is 0. The van der Waals surface area contributed by atoms with E-state index in [1.807, 2.05) is 35.9 Å². The van der Waals surface area contributed by atoms with E-state index >= 15 is 0 Å². The molecule has 0 aromatic carbocycles. The van der Waals surface area contributed by atoms with Gasteiger partial charge in [-0.05, 0) is 19.8 Å². The third-order valence-corrected chi connectivity index (χ3v) is 7.85. The van der Waals surface area contributed by atoms with Crippen molar-refractivity contribution >= 4 is 12.0 Å². The second kappa shape index (κ2) is 24.2. The van der Waals surface area contributed by atoms with Crippen molar-refractivity contribution in [3.05, 3.63) is 30.1 Å². The van der Waals surface area contributed by atoms with Gasteiger partial charge in [-0.25, -0.2) is 14.3 Å². The number of rotatable bonds is 22. The Labute approximate surface area is 267 Å². The van der Waals surface area contributed by atoms with Crippen LogP contribution in [0.3, 0.4) is 0 Å². The van der Waals surface area contributed by atoms with E-state index in [0.717, 1.165) is 36.6 Å². The van der Waals surface area contributed by atoms with Gasteiger partial charge in [0.05, 0.1) is 25.9 Å². The summed E-state index contributed by atoms with van der Waals surface area (Å²) in [6.07, 6.45) is 21.2. The van der Waals surface area contributed by atoms with Crippen LogP contribution in [0.15, 0.2) is 24.4 Å². The van der Waals surface area contributed by atoms with Crippen LogP contribution >= 0.6 is 0 Å². The Kier molecular flexibility index (Phi) is 22.3. The van der Waals surface area contributed by atoms with Crippen LogP contribution in [0.2, 0.25) is 0 Å². The van der Waals surface area contributed by atoms with Gasteiger partial charge in [0.2, 0.25) is 11.6 Å². The van der Waals surface area contributed by atoms with Crippen molar-refractivity contribution in [2.45, 2.75) is 136 Å². The Bertz CT molecular complexity index is 825. The van der Waals surface area contributed by atoms with E-state index in [2.05, 4.69) is 6.92 Å². The molecule has 8 heteroatoms. The Morgan fingerprint density at radius 3 is 2.10 bits per heavy atom. The summed E-state index contributed by atoms with van der Waals surface area (Å²) in [7, 11) is 0. The van der Waals surface area contributed by atoms with Crippen molar-refractivity contribution < 1.29 is 52.3 Å². The molecular weight excluding hydrogens is 631 g/mol. The van der Waals surface area contributed by atoms with E-state index in [1.54, 1.807) is 0 Å². The van der Waals surface area contributed by atoms with Crippen LogP contribution in [0, 0.1) is 5.92 Å². The van der Waals surface area contributed by atoms with Gasteiger partial charge in [-0.3, -0.25) is 4.79 Å². The van der Waals surface area contributed by atoms with Crippen LogP contribution in [0.25, 0.3) is 0 Å². The van der Waals surface area contributed by atoms with E-state index in [1.165, 1.54) is 90.4 Å². The van der Waals surface area contributed by atoms with Crippen molar-refractivity contribution in [3.63, 3.8) is 0 Å². The van der Waals surface area contributed by atoms with E-state index in [0.29, 0.717) is 13.2 Å². The summed E-state index contributed by atoms with van der Waals surface area (Å²) in [6.45, 7) is 8.83. The van der Waals surface area contributed by atoms with Gasteiger partial charge in [0, 0.05) is 31.6 Å². The molecule has 236 valence electrons. The standard InChI is InChI=1S/C33H57N2O5.HI/c1-4-6-7-8-9-10-11-12-13-14-15-16-17-20-23-38-28-32-24-30(26-39-32)27-40-33(37)35(29(3)36)25-31-21-18-19-22-34(31)5-2;/h18-19,21-22,30,32H,4-17,20,23-28H2,1-3H3;1H/q+1;/p-1. The molecule has 1 aromatic rings. The van der Waals surface area contributed by atoms with Gasteiger partial charge in [0.15, 0.2) is 6.20 Å². The lowest BCUT2D eigenvalue weighted by Gasteiger charge is -2.19. The summed E-state index contributed by atoms with van der Waals surface area (Å²) in [5.74, 6) is -0.196. The summed E-state index contributed by atoms with van der Waals surface area (Å²) in [5.41, 5.74) is 0.886. The average Bonchev–Trinajstić information content (AvgIpc) is 3.42. The molecule has 7 nitrogen and oxygen atoms in total. The van der Waals surface area contributed by atoms with Crippen LogP contribution in [-0.2, 0) is 32.1 Å². The SMILES string of the molecule is CCCCCCCCCCCCCCCCOCC1CC(COC(=O)N(Cc2cccc[n+]2CC)C(C)=O)CO1.[I-]. The highest BCUT2D eigenvalue weighted by atomic mass is 127. The minimum atomic E-state index is -0.600. The number of unbranched alkanes of at least 4 members (excludes halogenated alkanes) is 13. The summed E-state index contributed by atoms with van der Waals surface area (Å²) >= 11 is 0. The summed E-state index contributed by atoms with van der Waals surface area (Å²) in [4.78, 5) is 26.0. The number of imide groups is 1. The molecule has 0 radical (unpaired) electrons. The molecule has 1 fully saturated rings. The molecule has 0 saturated carbocycles. The Morgan fingerprint density at radius 2 is 1.51 bits per heavy atom. The Morgan fingerprint density at radius 1 is 0.902 bits per heavy atom. The van der Waals surface area contributed by atoms with Gasteiger partial charge < -0.3 is 38.2 Å². The largest absolute Gasteiger partial charge is 1.00 e. The molecule has 0 spiro atoms. The van der Waals surface area contributed by atoms with Gasteiger partial charge in [-0.2, -0.15) is 0 Å². The molecule has 0 N–H and O–H groups in total. The third-order valence-electron chi connectivity index (χ3n) is 7.85. The molecule has 0 aliphatic carbocycles. The molecular formula is C33H57IN2O5. The van der Waals surface area contributed by atoms with Gasteiger partial charge in [-0.1, -0.05) is 96.5 Å². The first-order valence-electron chi connectivity index (χ1n) is 16.2. The summed E-state index contributed by atoms with van der Waals surface area (Å²) in [5, 5.41) is 0. The molecule has 2 unspecified atom stereocenters. The predicted octanol–water partition coefficient (Wildman–Crippen LogP) is 4.39. The fraction of sp³-hybridized carbons (Fsp3) is 0.788. The number of hydrogen-bond acceptors (Lipinski definition) is 5. The number of ether oxygens (including phenoxy) is 3. The number of halogens is 1. The number of aromatic nitrogens is 1. The van der Waals surface area contributed by atoms with Gasteiger partial charge in [0.25, 0.3) is 0 Å². The zero-order chi connectivity index (χ0) is 28.8. The van der Waals surface area contributed by atoms with E-state index in [-0.39, 0.29) is 55.1 Å². The monoisotopic (exact) mass is 688 g/mol. The summed E-state index contributed by atoms with van der Waals surface area (Å²) in [6, 6.07) is 5.76. The minimum Gasteiger partial charge on any atom is -1.00 e. The van der Waals surface area contributed by atoms with E-state index < -0.39 is 6.09 Å². The fourth-order valence-corrected chi connectivity index (χ4v) is 5.32. The number of carbonyl (C=O) groups excluding carboxylic acids is 2. The first kappa shape index (κ1) is 37.8. The van der Waals surface area contributed by atoms with Crippen molar-refractivity contribution in [2.75, 3.05) is 26.4 Å². The zero-order valence-corrected chi connectivity index (χ0v) is 28.3. The van der Waals surface area contributed by atoms with Crippen LogP contribution in [0.5, 0.6) is 0 Å². The first-order chi connectivity index (χ1) is 19.5. The number of aryl methyl sites for hydroxylation is 1. The maximum atomic E-state index is 12.7. The van der Waals surface area contributed by atoms with E-state index in [4.69, 9.17) is 14.2 Å². The highest BCUT2D eigenvalue weighted by molar-refractivity contribution is 5.90. The normalized spacial score (nSPS) is 16.4. The van der Waals surface area contributed by atoms with Crippen LogP contribution < -0.4 is 28.5 Å². The molecule has 0 bridgehead atoms. The van der Waals surface area contributed by atoms with Crippen molar-refractivity contribution in [3.8, 4) is 0 Å². The molecule has 1 aliphatic rings. The first-order valence-corrected chi connectivity index (χ1v) is 16.2. The number of pyridine rings is 1. The second-order valence-electron chi connectivity index (χ2n) is 11.4. The highest BCUT2D eigenvalue weighted by Gasteiger charge is 2.29. The molecule has 41 heavy (non-hydrogen) atoms. The van der Waals surface area contributed by atoms with Crippen molar-refractivity contribution in [2.24, 2.45) is 5.92 Å². The summed E-state index contributed by atoms with van der Waals surface area (Å²) < 4.78 is 19.3. The van der Waals surface area contributed by atoms with E-state index in [9.17, 15) is 9.59 Å². The lowest BCUT2D eigenvalue weighted by atomic mass is 10.0. The number of amides is 2. The maximum absolute atomic E-state index is 12.7. The van der Waals surface area contributed by atoms with Crippen molar-refractivity contribution in [1.29, 1.82) is 0 Å². The molecule has 1 aromatic heterocycles. The van der Waals surface area contributed by atoms with Gasteiger partial charge in [0.1, 0.15) is 13.1 Å². The van der Waals surface area contributed by atoms with Crippen LogP contribution in [0.4, 0.5) is 4.79 Å². The average molecular weight is 689 g/mol. The van der Waals surface area contributed by atoms with Gasteiger partial charge >= 0.3 is 6.09 Å². The zero-order valence-electron chi connectivity index (χ0n) is 26.1.